The van der Waals surface area contributed by atoms with E-state index in [1.54, 1.807) is 32.0 Å². The summed E-state index contributed by atoms with van der Waals surface area (Å²) >= 11 is 12.0. The molecule has 0 saturated carbocycles. The van der Waals surface area contributed by atoms with E-state index in [0.29, 0.717) is 21.4 Å². The van der Waals surface area contributed by atoms with E-state index in [1.807, 2.05) is 0 Å². The molecule has 0 spiro atoms. The molecule has 0 amide bonds. The third kappa shape index (κ3) is 2.76. The standard InChI is InChI=1S/C12H12Cl2N4O2/c1-6(12(19)20)7(2)18-11(15-16-17-18)9-4-3-8(13)5-10(9)14/h3-7H,1-2H3,(H,19,20). The first-order valence-electron chi connectivity index (χ1n) is 5.88. The van der Waals surface area contributed by atoms with E-state index < -0.39 is 17.9 Å². The van der Waals surface area contributed by atoms with Gasteiger partial charge in [-0.1, -0.05) is 23.2 Å². The van der Waals surface area contributed by atoms with Crippen molar-refractivity contribution in [2.75, 3.05) is 0 Å². The first-order valence-corrected chi connectivity index (χ1v) is 6.63. The number of benzene rings is 1. The van der Waals surface area contributed by atoms with E-state index in [4.69, 9.17) is 28.3 Å². The second-order valence-corrected chi connectivity index (χ2v) is 5.28. The summed E-state index contributed by atoms with van der Waals surface area (Å²) < 4.78 is 1.45. The molecule has 0 bridgehead atoms. The highest BCUT2D eigenvalue weighted by Crippen LogP contribution is 2.30. The summed E-state index contributed by atoms with van der Waals surface area (Å²) in [5, 5.41) is 21.4. The van der Waals surface area contributed by atoms with Crippen LogP contribution in [-0.4, -0.2) is 31.3 Å². The zero-order valence-corrected chi connectivity index (χ0v) is 12.3. The first kappa shape index (κ1) is 14.7. The number of hydrogen-bond acceptors (Lipinski definition) is 4. The molecule has 0 radical (unpaired) electrons. The quantitative estimate of drug-likeness (QED) is 0.938. The van der Waals surface area contributed by atoms with E-state index >= 15 is 0 Å². The van der Waals surface area contributed by atoms with Gasteiger partial charge in [-0.2, -0.15) is 0 Å². The smallest absolute Gasteiger partial charge is 0.308 e. The number of carboxylic acids is 1. The zero-order valence-electron chi connectivity index (χ0n) is 10.8. The Hall–Kier alpha value is -1.66. The molecule has 0 saturated heterocycles. The summed E-state index contributed by atoms with van der Waals surface area (Å²) in [5.74, 6) is -1.14. The van der Waals surface area contributed by atoms with Crippen LogP contribution in [0.4, 0.5) is 0 Å². The number of aromatic nitrogens is 4. The Balaban J connectivity index is 2.45. The van der Waals surface area contributed by atoms with Gasteiger partial charge in [0, 0.05) is 10.6 Å². The van der Waals surface area contributed by atoms with Gasteiger partial charge in [0.15, 0.2) is 5.82 Å². The van der Waals surface area contributed by atoms with Crippen LogP contribution >= 0.6 is 23.2 Å². The molecule has 2 rings (SSSR count). The lowest BCUT2D eigenvalue weighted by molar-refractivity contribution is -0.142. The molecule has 106 valence electrons. The molecule has 0 aliphatic rings. The fourth-order valence-electron chi connectivity index (χ4n) is 1.73. The Morgan fingerprint density at radius 2 is 2.05 bits per heavy atom. The summed E-state index contributed by atoms with van der Waals surface area (Å²) in [6.07, 6.45) is 0. The SMILES string of the molecule is CC(C(=O)O)C(C)n1nnnc1-c1ccc(Cl)cc1Cl. The number of hydrogen-bond donors (Lipinski definition) is 1. The van der Waals surface area contributed by atoms with E-state index in [0.717, 1.165) is 0 Å². The van der Waals surface area contributed by atoms with Crippen molar-refractivity contribution in [1.29, 1.82) is 0 Å². The van der Waals surface area contributed by atoms with Crippen LogP contribution in [0.3, 0.4) is 0 Å². The van der Waals surface area contributed by atoms with Gasteiger partial charge in [0.05, 0.1) is 17.0 Å². The van der Waals surface area contributed by atoms with Crippen LogP contribution < -0.4 is 0 Å². The number of nitrogens with zero attached hydrogens (tertiary/aromatic N) is 4. The lowest BCUT2D eigenvalue weighted by Crippen LogP contribution is -2.23. The molecule has 20 heavy (non-hydrogen) atoms. The molecule has 2 atom stereocenters. The minimum atomic E-state index is -0.916. The predicted octanol–water partition coefficient (Wildman–Crippen LogP) is 2.93. The highest BCUT2D eigenvalue weighted by atomic mass is 35.5. The number of halogens is 2. The van der Waals surface area contributed by atoms with Crippen molar-refractivity contribution in [3.05, 3.63) is 28.2 Å². The van der Waals surface area contributed by atoms with Crippen molar-refractivity contribution in [3.8, 4) is 11.4 Å². The van der Waals surface area contributed by atoms with Crippen LogP contribution in [0.25, 0.3) is 11.4 Å². The molecule has 0 aliphatic carbocycles. The van der Waals surface area contributed by atoms with E-state index in [2.05, 4.69) is 15.5 Å². The zero-order chi connectivity index (χ0) is 14.9. The lowest BCUT2D eigenvalue weighted by atomic mass is 10.0. The lowest BCUT2D eigenvalue weighted by Gasteiger charge is -2.17. The number of aliphatic carboxylic acids is 1. The number of tetrazole rings is 1. The average Bonchev–Trinajstić information content (AvgIpc) is 2.85. The molecule has 1 aromatic heterocycles. The van der Waals surface area contributed by atoms with Crippen LogP contribution in [-0.2, 0) is 4.79 Å². The Morgan fingerprint density at radius 1 is 1.35 bits per heavy atom. The maximum atomic E-state index is 11.1. The Labute approximate surface area is 125 Å². The average molecular weight is 315 g/mol. The molecular formula is C12H12Cl2N4O2. The largest absolute Gasteiger partial charge is 0.481 e. The molecule has 0 fully saturated rings. The molecular weight excluding hydrogens is 303 g/mol. The van der Waals surface area contributed by atoms with Crippen LogP contribution in [0, 0.1) is 5.92 Å². The Bertz CT molecular complexity index is 644. The fourth-order valence-corrected chi connectivity index (χ4v) is 2.23. The second-order valence-electron chi connectivity index (χ2n) is 4.44. The van der Waals surface area contributed by atoms with Crippen molar-refractivity contribution >= 4 is 29.2 Å². The van der Waals surface area contributed by atoms with Gasteiger partial charge in [0.25, 0.3) is 0 Å². The molecule has 6 nitrogen and oxygen atoms in total. The van der Waals surface area contributed by atoms with Crippen molar-refractivity contribution in [2.24, 2.45) is 5.92 Å². The molecule has 1 N–H and O–H groups in total. The topological polar surface area (TPSA) is 80.9 Å². The van der Waals surface area contributed by atoms with Crippen molar-refractivity contribution in [1.82, 2.24) is 20.2 Å². The monoisotopic (exact) mass is 314 g/mol. The number of carbonyl (C=O) groups is 1. The Morgan fingerprint density at radius 3 is 2.65 bits per heavy atom. The molecule has 0 aliphatic heterocycles. The van der Waals surface area contributed by atoms with Gasteiger partial charge < -0.3 is 5.11 Å². The maximum absolute atomic E-state index is 11.1. The third-order valence-corrected chi connectivity index (χ3v) is 3.71. The van der Waals surface area contributed by atoms with Crippen molar-refractivity contribution in [2.45, 2.75) is 19.9 Å². The minimum Gasteiger partial charge on any atom is -0.481 e. The molecule has 2 unspecified atom stereocenters. The third-order valence-electron chi connectivity index (χ3n) is 3.16. The van der Waals surface area contributed by atoms with Gasteiger partial charge in [-0.25, -0.2) is 4.68 Å². The second kappa shape index (κ2) is 5.76. The van der Waals surface area contributed by atoms with Gasteiger partial charge >= 0.3 is 5.97 Å². The van der Waals surface area contributed by atoms with Gasteiger partial charge in [-0.3, -0.25) is 4.79 Å². The maximum Gasteiger partial charge on any atom is 0.308 e. The van der Waals surface area contributed by atoms with Crippen molar-refractivity contribution < 1.29 is 9.90 Å². The van der Waals surface area contributed by atoms with Crippen LogP contribution in [0.1, 0.15) is 19.9 Å². The first-order chi connectivity index (χ1) is 9.41. The molecule has 1 heterocycles. The predicted molar refractivity (Wildman–Crippen MR) is 74.8 cm³/mol. The summed E-state index contributed by atoms with van der Waals surface area (Å²) in [6.45, 7) is 3.34. The minimum absolute atomic E-state index is 0.406. The molecule has 2 aromatic rings. The highest BCUT2D eigenvalue weighted by Gasteiger charge is 2.25. The van der Waals surface area contributed by atoms with Gasteiger partial charge in [0.2, 0.25) is 0 Å². The van der Waals surface area contributed by atoms with Gasteiger partial charge in [-0.05, 0) is 42.5 Å². The molecule has 8 heteroatoms. The summed E-state index contributed by atoms with van der Waals surface area (Å²) in [5.41, 5.74) is 0.602. The van der Waals surface area contributed by atoms with Crippen LogP contribution in [0.5, 0.6) is 0 Å². The van der Waals surface area contributed by atoms with E-state index in [9.17, 15) is 4.79 Å². The fraction of sp³-hybridized carbons (Fsp3) is 0.333. The van der Waals surface area contributed by atoms with Crippen LogP contribution in [0.15, 0.2) is 18.2 Å². The van der Waals surface area contributed by atoms with Crippen LogP contribution in [0.2, 0.25) is 10.0 Å². The normalized spacial score (nSPS) is 14.0. The van der Waals surface area contributed by atoms with Gasteiger partial charge in [0.1, 0.15) is 0 Å². The summed E-state index contributed by atoms with van der Waals surface area (Å²) in [6, 6.07) is 4.55. The van der Waals surface area contributed by atoms with E-state index in [1.165, 1.54) is 4.68 Å². The van der Waals surface area contributed by atoms with E-state index in [-0.39, 0.29) is 0 Å². The molecule has 1 aromatic carbocycles. The highest BCUT2D eigenvalue weighted by molar-refractivity contribution is 6.36. The van der Waals surface area contributed by atoms with Crippen molar-refractivity contribution in [3.63, 3.8) is 0 Å². The summed E-state index contributed by atoms with van der Waals surface area (Å²) in [4.78, 5) is 11.1. The Kier molecular flexibility index (Phi) is 4.25. The summed E-state index contributed by atoms with van der Waals surface area (Å²) in [7, 11) is 0. The van der Waals surface area contributed by atoms with Gasteiger partial charge in [-0.15, -0.1) is 5.10 Å². The number of carboxylic acid groups (broad SMARTS) is 1. The number of rotatable bonds is 4.